The maximum Gasteiger partial charge on any atom is 0.263 e. The van der Waals surface area contributed by atoms with Crippen LogP contribution < -0.4 is 5.32 Å². The van der Waals surface area contributed by atoms with E-state index < -0.39 is 0 Å². The summed E-state index contributed by atoms with van der Waals surface area (Å²) in [6.07, 6.45) is 0. The predicted molar refractivity (Wildman–Crippen MR) is 76.8 cm³/mol. The molecule has 1 N–H and O–H groups in total. The molecule has 0 aromatic carbocycles. The Hall–Kier alpha value is -0.580. The molecule has 1 amide bonds. The number of hydrogen-bond acceptors (Lipinski definition) is 3. The summed E-state index contributed by atoms with van der Waals surface area (Å²) in [5, 5.41) is 3.40. The number of carbonyl (C=O) groups excluding carboxylic acids is 1. The van der Waals surface area contributed by atoms with E-state index in [-0.39, 0.29) is 18.3 Å². The summed E-state index contributed by atoms with van der Waals surface area (Å²) in [5.41, 5.74) is 1.24. The molecule has 2 fully saturated rings. The number of amides is 1. The number of nitrogens with one attached hydrogen (secondary N) is 1. The van der Waals surface area contributed by atoms with E-state index in [1.165, 1.54) is 10.4 Å². The molecule has 0 bridgehead atoms. The van der Waals surface area contributed by atoms with Gasteiger partial charge in [-0.25, -0.2) is 0 Å². The van der Waals surface area contributed by atoms with Crippen molar-refractivity contribution in [3.8, 4) is 0 Å². The zero-order valence-corrected chi connectivity index (χ0v) is 12.4. The normalized spacial score (nSPS) is 26.0. The summed E-state index contributed by atoms with van der Waals surface area (Å²) >= 11 is 1.63. The lowest BCUT2D eigenvalue weighted by Crippen LogP contribution is -2.31. The Bertz CT molecular complexity index is 428. The van der Waals surface area contributed by atoms with Crippen LogP contribution in [0.4, 0.5) is 0 Å². The van der Waals surface area contributed by atoms with Gasteiger partial charge < -0.3 is 10.2 Å². The van der Waals surface area contributed by atoms with Crippen molar-refractivity contribution < 1.29 is 4.79 Å². The molecule has 1 aromatic rings. The summed E-state index contributed by atoms with van der Waals surface area (Å²) in [6.45, 7) is 8.19. The van der Waals surface area contributed by atoms with E-state index in [1.807, 2.05) is 11.0 Å². The Kier molecular flexibility index (Phi) is 3.99. The highest BCUT2D eigenvalue weighted by molar-refractivity contribution is 7.14. The Labute approximate surface area is 118 Å². The van der Waals surface area contributed by atoms with Crippen LogP contribution >= 0.6 is 23.7 Å². The number of thiophene rings is 1. The Morgan fingerprint density at radius 1 is 1.33 bits per heavy atom. The van der Waals surface area contributed by atoms with Crippen LogP contribution in [-0.4, -0.2) is 37.0 Å². The second-order valence-electron chi connectivity index (χ2n) is 5.24. The highest BCUT2D eigenvalue weighted by Crippen LogP contribution is 2.29. The number of rotatable bonds is 1. The van der Waals surface area contributed by atoms with Gasteiger partial charge >= 0.3 is 0 Å². The van der Waals surface area contributed by atoms with Crippen molar-refractivity contribution in [3.05, 3.63) is 21.4 Å². The lowest BCUT2D eigenvalue weighted by Gasteiger charge is -2.16. The number of aryl methyl sites for hydroxylation is 2. The third-order valence-corrected chi connectivity index (χ3v) is 5.19. The predicted octanol–water partition coefficient (Wildman–Crippen LogP) is 2.08. The molecule has 2 saturated heterocycles. The van der Waals surface area contributed by atoms with Crippen LogP contribution in [0.25, 0.3) is 0 Å². The molecule has 2 aliphatic rings. The second kappa shape index (κ2) is 5.19. The van der Waals surface area contributed by atoms with Gasteiger partial charge in [0.25, 0.3) is 5.91 Å². The third kappa shape index (κ3) is 2.29. The van der Waals surface area contributed by atoms with Crippen molar-refractivity contribution >= 4 is 29.7 Å². The van der Waals surface area contributed by atoms with Gasteiger partial charge in [-0.05, 0) is 37.3 Å². The number of carbonyl (C=O) groups is 1. The maximum atomic E-state index is 12.4. The number of fused-ring (bicyclic) bond motifs is 1. The van der Waals surface area contributed by atoms with Gasteiger partial charge in [0.05, 0.1) is 4.88 Å². The summed E-state index contributed by atoms with van der Waals surface area (Å²) in [6, 6.07) is 2.04. The summed E-state index contributed by atoms with van der Waals surface area (Å²) < 4.78 is 0. The minimum atomic E-state index is 0. The fourth-order valence-electron chi connectivity index (χ4n) is 2.86. The number of halogens is 1. The first-order valence-electron chi connectivity index (χ1n) is 6.22. The van der Waals surface area contributed by atoms with Crippen molar-refractivity contribution in [2.45, 2.75) is 13.8 Å². The van der Waals surface area contributed by atoms with Crippen molar-refractivity contribution in [3.63, 3.8) is 0 Å². The molecule has 0 radical (unpaired) electrons. The molecule has 3 nitrogen and oxygen atoms in total. The quantitative estimate of drug-likeness (QED) is 0.857. The van der Waals surface area contributed by atoms with Crippen LogP contribution in [0.3, 0.4) is 0 Å². The molecular weight excluding hydrogens is 268 g/mol. The maximum absolute atomic E-state index is 12.4. The third-order valence-electron chi connectivity index (χ3n) is 4.05. The summed E-state index contributed by atoms with van der Waals surface area (Å²) in [7, 11) is 0. The zero-order chi connectivity index (χ0) is 12.0. The molecule has 0 saturated carbocycles. The Morgan fingerprint density at radius 2 is 1.94 bits per heavy atom. The highest BCUT2D eigenvalue weighted by atomic mass is 35.5. The van der Waals surface area contributed by atoms with Crippen LogP contribution in [0.1, 0.15) is 20.1 Å². The van der Waals surface area contributed by atoms with Gasteiger partial charge in [-0.15, -0.1) is 23.7 Å². The lowest BCUT2D eigenvalue weighted by molar-refractivity contribution is 0.0786. The highest BCUT2D eigenvalue weighted by Gasteiger charge is 2.38. The van der Waals surface area contributed by atoms with E-state index in [0.29, 0.717) is 11.8 Å². The fraction of sp³-hybridized carbons (Fsp3) is 0.615. The summed E-state index contributed by atoms with van der Waals surface area (Å²) in [4.78, 5) is 16.6. The molecule has 100 valence electrons. The fourth-order valence-corrected chi connectivity index (χ4v) is 3.86. The first kappa shape index (κ1) is 13.8. The molecule has 3 heterocycles. The smallest absolute Gasteiger partial charge is 0.263 e. The first-order chi connectivity index (χ1) is 8.15. The van der Waals surface area contributed by atoms with Crippen molar-refractivity contribution in [2.75, 3.05) is 26.2 Å². The van der Waals surface area contributed by atoms with Crippen LogP contribution in [0.5, 0.6) is 0 Å². The Balaban J connectivity index is 0.00000120. The van der Waals surface area contributed by atoms with Gasteiger partial charge in [0.1, 0.15) is 0 Å². The average Bonchev–Trinajstić information content (AvgIpc) is 2.92. The standard InChI is InChI=1S/C13H18N2OS.ClH/c1-8-3-12(17-9(8)2)13(16)15-6-10-4-14-5-11(10)7-15;/h3,10-11,14H,4-7H2,1-2H3;1H/t10-,11+;. The molecule has 5 heteroatoms. The van der Waals surface area contributed by atoms with E-state index in [2.05, 4.69) is 19.2 Å². The van der Waals surface area contributed by atoms with Gasteiger partial charge in [-0.2, -0.15) is 0 Å². The molecule has 0 spiro atoms. The second-order valence-corrected chi connectivity index (χ2v) is 6.49. The van der Waals surface area contributed by atoms with Gasteiger partial charge in [-0.3, -0.25) is 4.79 Å². The SMILES string of the molecule is Cc1cc(C(=O)N2C[C@H]3CNC[C@H]3C2)sc1C.Cl. The molecular formula is C13H19ClN2OS. The molecule has 2 atom stereocenters. The lowest BCUT2D eigenvalue weighted by atomic mass is 10.0. The van der Waals surface area contributed by atoms with Crippen molar-refractivity contribution in [2.24, 2.45) is 11.8 Å². The number of nitrogens with zero attached hydrogens (tertiary/aromatic N) is 1. The molecule has 1 aromatic heterocycles. The van der Waals surface area contributed by atoms with Crippen molar-refractivity contribution in [1.29, 1.82) is 0 Å². The van der Waals surface area contributed by atoms with Gasteiger partial charge in [0.15, 0.2) is 0 Å². The number of likely N-dealkylation sites (tertiary alicyclic amines) is 1. The van der Waals surface area contributed by atoms with Gasteiger partial charge in [-0.1, -0.05) is 0 Å². The first-order valence-corrected chi connectivity index (χ1v) is 7.04. The average molecular weight is 287 g/mol. The van der Waals surface area contributed by atoms with Crippen LogP contribution in [-0.2, 0) is 0 Å². The summed E-state index contributed by atoms with van der Waals surface area (Å²) in [5.74, 6) is 1.60. The minimum absolute atomic E-state index is 0. The topological polar surface area (TPSA) is 32.3 Å². The van der Waals surface area contributed by atoms with Crippen LogP contribution in [0, 0.1) is 25.7 Å². The van der Waals surface area contributed by atoms with Crippen LogP contribution in [0.2, 0.25) is 0 Å². The minimum Gasteiger partial charge on any atom is -0.337 e. The van der Waals surface area contributed by atoms with E-state index in [0.717, 1.165) is 31.1 Å². The van der Waals surface area contributed by atoms with E-state index in [9.17, 15) is 4.79 Å². The van der Waals surface area contributed by atoms with Gasteiger partial charge in [0, 0.05) is 31.1 Å². The van der Waals surface area contributed by atoms with E-state index in [1.54, 1.807) is 11.3 Å². The van der Waals surface area contributed by atoms with Crippen molar-refractivity contribution in [1.82, 2.24) is 10.2 Å². The van der Waals surface area contributed by atoms with E-state index in [4.69, 9.17) is 0 Å². The molecule has 0 unspecified atom stereocenters. The Morgan fingerprint density at radius 3 is 2.44 bits per heavy atom. The zero-order valence-electron chi connectivity index (χ0n) is 10.7. The molecule has 3 rings (SSSR count). The monoisotopic (exact) mass is 286 g/mol. The van der Waals surface area contributed by atoms with Gasteiger partial charge in [0.2, 0.25) is 0 Å². The molecule has 18 heavy (non-hydrogen) atoms. The largest absolute Gasteiger partial charge is 0.337 e. The molecule has 0 aliphatic carbocycles. The number of hydrogen-bond donors (Lipinski definition) is 1. The molecule has 2 aliphatic heterocycles. The van der Waals surface area contributed by atoms with Crippen LogP contribution in [0.15, 0.2) is 6.07 Å². The van der Waals surface area contributed by atoms with E-state index >= 15 is 0 Å².